The van der Waals surface area contributed by atoms with E-state index >= 15 is 0 Å². The standard InChI is InChI=1S/C26H27N5O/c1-4-6-9-18-12-14-19(15-13-18)31-24-22(26(32)30(16-27-24)17(3)5-2)23-25(31)29-21-11-8-7-10-20(21)28-23/h7-8,10-17H,4-6,9H2,1-3H3/t17-/m0/s1. The monoisotopic (exact) mass is 425 g/mol. The number of fused-ring (bicyclic) bond motifs is 4. The fourth-order valence-electron chi connectivity index (χ4n) is 4.20. The zero-order chi connectivity index (χ0) is 22.2. The van der Waals surface area contributed by atoms with Gasteiger partial charge in [-0.25, -0.2) is 15.0 Å². The van der Waals surface area contributed by atoms with Crippen LogP contribution < -0.4 is 5.56 Å². The Labute approximate surface area is 186 Å². The molecule has 5 rings (SSSR count). The topological polar surface area (TPSA) is 65.6 Å². The molecule has 0 fully saturated rings. The molecule has 162 valence electrons. The molecule has 0 N–H and O–H groups in total. The summed E-state index contributed by atoms with van der Waals surface area (Å²) in [4.78, 5) is 28.0. The van der Waals surface area contributed by atoms with Crippen molar-refractivity contribution in [1.82, 2.24) is 24.1 Å². The molecule has 6 heteroatoms. The van der Waals surface area contributed by atoms with Crippen LogP contribution in [0.5, 0.6) is 0 Å². The van der Waals surface area contributed by atoms with Crippen LogP contribution in [-0.2, 0) is 6.42 Å². The van der Waals surface area contributed by atoms with Crippen molar-refractivity contribution in [3.63, 3.8) is 0 Å². The Hall–Kier alpha value is -3.54. The van der Waals surface area contributed by atoms with Gasteiger partial charge in [0.15, 0.2) is 11.3 Å². The molecule has 0 spiro atoms. The Morgan fingerprint density at radius 3 is 2.34 bits per heavy atom. The predicted molar refractivity (Wildman–Crippen MR) is 130 cm³/mol. The summed E-state index contributed by atoms with van der Waals surface area (Å²) in [5.41, 5.74) is 5.59. The maximum absolute atomic E-state index is 13.5. The minimum absolute atomic E-state index is 0.0593. The third-order valence-corrected chi connectivity index (χ3v) is 6.27. The molecule has 6 nitrogen and oxygen atoms in total. The minimum Gasteiger partial charge on any atom is -0.296 e. The van der Waals surface area contributed by atoms with Gasteiger partial charge >= 0.3 is 0 Å². The van der Waals surface area contributed by atoms with Crippen molar-refractivity contribution in [2.45, 2.75) is 52.5 Å². The van der Waals surface area contributed by atoms with E-state index in [-0.39, 0.29) is 11.6 Å². The largest absolute Gasteiger partial charge is 0.296 e. The SMILES string of the molecule is CCCCc1ccc(-n2c3nc4ccccc4nc3c3c(=O)n([C@@H](C)CC)cnc32)cc1. The van der Waals surface area contributed by atoms with Crippen molar-refractivity contribution in [2.75, 3.05) is 0 Å². The third-order valence-electron chi connectivity index (χ3n) is 6.27. The van der Waals surface area contributed by atoms with E-state index in [1.165, 1.54) is 18.4 Å². The van der Waals surface area contributed by atoms with Crippen molar-refractivity contribution in [3.8, 4) is 5.69 Å². The molecule has 3 aromatic heterocycles. The molecular weight excluding hydrogens is 398 g/mol. The van der Waals surface area contributed by atoms with Crippen molar-refractivity contribution in [3.05, 3.63) is 70.8 Å². The van der Waals surface area contributed by atoms with E-state index in [2.05, 4.69) is 38.1 Å². The van der Waals surface area contributed by atoms with Crippen LogP contribution in [-0.4, -0.2) is 24.1 Å². The highest BCUT2D eigenvalue weighted by Gasteiger charge is 2.21. The molecule has 0 radical (unpaired) electrons. The highest BCUT2D eigenvalue weighted by molar-refractivity contribution is 6.05. The molecular formula is C26H27N5O. The number of aromatic nitrogens is 5. The second-order valence-electron chi connectivity index (χ2n) is 8.40. The fourth-order valence-corrected chi connectivity index (χ4v) is 4.20. The van der Waals surface area contributed by atoms with Crippen LogP contribution in [0.15, 0.2) is 59.7 Å². The highest BCUT2D eigenvalue weighted by Crippen LogP contribution is 2.29. The lowest BCUT2D eigenvalue weighted by Crippen LogP contribution is -2.23. The van der Waals surface area contributed by atoms with Crippen LogP contribution in [0.2, 0.25) is 0 Å². The first-order chi connectivity index (χ1) is 15.6. The molecule has 0 saturated heterocycles. The second kappa shape index (κ2) is 8.19. The van der Waals surface area contributed by atoms with Crippen LogP contribution in [0.4, 0.5) is 0 Å². The average Bonchev–Trinajstić information content (AvgIpc) is 3.15. The van der Waals surface area contributed by atoms with Gasteiger partial charge in [-0.1, -0.05) is 44.5 Å². The van der Waals surface area contributed by atoms with Crippen LogP contribution in [0, 0.1) is 0 Å². The van der Waals surface area contributed by atoms with Crippen LogP contribution >= 0.6 is 0 Å². The zero-order valence-corrected chi connectivity index (χ0v) is 18.7. The van der Waals surface area contributed by atoms with Gasteiger partial charge in [0.2, 0.25) is 0 Å². The summed E-state index contributed by atoms with van der Waals surface area (Å²) in [6, 6.07) is 16.3. The second-order valence-corrected chi connectivity index (χ2v) is 8.40. The summed E-state index contributed by atoms with van der Waals surface area (Å²) in [6.07, 6.45) is 5.90. The Morgan fingerprint density at radius 2 is 1.66 bits per heavy atom. The van der Waals surface area contributed by atoms with E-state index in [1.807, 2.05) is 35.8 Å². The van der Waals surface area contributed by atoms with Crippen molar-refractivity contribution >= 4 is 33.2 Å². The van der Waals surface area contributed by atoms with E-state index in [4.69, 9.17) is 15.0 Å². The summed E-state index contributed by atoms with van der Waals surface area (Å²) in [6.45, 7) is 6.30. The van der Waals surface area contributed by atoms with E-state index in [0.717, 1.165) is 29.6 Å². The summed E-state index contributed by atoms with van der Waals surface area (Å²) < 4.78 is 3.67. The molecule has 0 amide bonds. The molecule has 5 aromatic rings. The van der Waals surface area contributed by atoms with Crippen LogP contribution in [0.3, 0.4) is 0 Å². The number of rotatable bonds is 6. The maximum Gasteiger partial charge on any atom is 0.265 e. The highest BCUT2D eigenvalue weighted by atomic mass is 16.1. The van der Waals surface area contributed by atoms with Gasteiger partial charge in [0.05, 0.1) is 11.0 Å². The van der Waals surface area contributed by atoms with E-state index < -0.39 is 0 Å². The molecule has 32 heavy (non-hydrogen) atoms. The van der Waals surface area contributed by atoms with Gasteiger partial charge in [-0.15, -0.1) is 0 Å². The average molecular weight is 426 g/mol. The molecule has 0 aliphatic heterocycles. The summed E-state index contributed by atoms with van der Waals surface area (Å²) in [5.74, 6) is 0. The van der Waals surface area contributed by atoms with Gasteiger partial charge in [-0.05, 0) is 56.0 Å². The van der Waals surface area contributed by atoms with Gasteiger partial charge in [0.1, 0.15) is 17.2 Å². The lowest BCUT2D eigenvalue weighted by Gasteiger charge is -2.12. The number of para-hydroxylation sites is 2. The predicted octanol–water partition coefficient (Wildman–Crippen LogP) is 5.60. The zero-order valence-electron chi connectivity index (χ0n) is 18.7. The number of hydrogen-bond donors (Lipinski definition) is 0. The summed E-state index contributed by atoms with van der Waals surface area (Å²) in [5, 5.41) is 0.524. The molecule has 1 atom stereocenters. The molecule has 0 unspecified atom stereocenters. The van der Waals surface area contributed by atoms with Crippen molar-refractivity contribution in [2.24, 2.45) is 0 Å². The normalized spacial score (nSPS) is 12.7. The van der Waals surface area contributed by atoms with Gasteiger partial charge < -0.3 is 0 Å². The quantitative estimate of drug-likeness (QED) is 0.355. The van der Waals surface area contributed by atoms with E-state index in [1.54, 1.807) is 10.9 Å². The first-order valence-electron chi connectivity index (χ1n) is 11.4. The van der Waals surface area contributed by atoms with Crippen LogP contribution in [0.1, 0.15) is 51.6 Å². The van der Waals surface area contributed by atoms with Crippen molar-refractivity contribution in [1.29, 1.82) is 0 Å². The first-order valence-corrected chi connectivity index (χ1v) is 11.4. The lowest BCUT2D eigenvalue weighted by atomic mass is 10.1. The van der Waals surface area contributed by atoms with Crippen LogP contribution in [0.25, 0.3) is 38.9 Å². The third kappa shape index (κ3) is 3.27. The molecule has 0 bridgehead atoms. The van der Waals surface area contributed by atoms with Gasteiger partial charge in [0, 0.05) is 11.7 Å². The molecule has 0 aliphatic rings. The maximum atomic E-state index is 13.5. The molecule has 0 saturated carbocycles. The number of unbranched alkanes of at least 4 members (excludes halogenated alkanes) is 1. The summed E-state index contributed by atoms with van der Waals surface area (Å²) >= 11 is 0. The molecule has 3 heterocycles. The van der Waals surface area contributed by atoms with Gasteiger partial charge in [-0.2, -0.15) is 0 Å². The number of hydrogen-bond acceptors (Lipinski definition) is 4. The lowest BCUT2D eigenvalue weighted by molar-refractivity contribution is 0.510. The Balaban J connectivity index is 1.83. The first kappa shape index (κ1) is 20.4. The number of benzene rings is 2. The van der Waals surface area contributed by atoms with Gasteiger partial charge in [-0.3, -0.25) is 13.9 Å². The van der Waals surface area contributed by atoms with E-state index in [9.17, 15) is 4.79 Å². The smallest absolute Gasteiger partial charge is 0.265 e. The number of aryl methyl sites for hydroxylation is 1. The van der Waals surface area contributed by atoms with Crippen molar-refractivity contribution < 1.29 is 0 Å². The molecule has 2 aromatic carbocycles. The Bertz CT molecular complexity index is 1480. The fraction of sp³-hybridized carbons (Fsp3) is 0.308. The van der Waals surface area contributed by atoms with E-state index in [0.29, 0.717) is 22.2 Å². The Morgan fingerprint density at radius 1 is 0.938 bits per heavy atom. The van der Waals surface area contributed by atoms with Gasteiger partial charge in [0.25, 0.3) is 5.56 Å². The Kier molecular flexibility index (Phi) is 5.21. The number of nitrogens with zero attached hydrogens (tertiary/aromatic N) is 5. The molecule has 0 aliphatic carbocycles. The minimum atomic E-state index is -0.0720. The summed E-state index contributed by atoms with van der Waals surface area (Å²) in [7, 11) is 0.